The molecule has 0 aliphatic carbocycles. The Bertz CT molecular complexity index is 951. The summed E-state index contributed by atoms with van der Waals surface area (Å²) in [5.41, 5.74) is 6.48. The van der Waals surface area contributed by atoms with Crippen molar-refractivity contribution in [2.75, 3.05) is 0 Å². The van der Waals surface area contributed by atoms with Crippen molar-refractivity contribution in [3.05, 3.63) is 100 Å². The maximum absolute atomic E-state index is 12.0. The van der Waals surface area contributed by atoms with E-state index in [0.29, 0.717) is 17.4 Å². The highest BCUT2D eigenvalue weighted by Gasteiger charge is 2.04. The third-order valence-electron chi connectivity index (χ3n) is 4.10. The molecule has 0 saturated heterocycles. The average Bonchev–Trinajstić information content (AvgIpc) is 2.70. The van der Waals surface area contributed by atoms with Gasteiger partial charge in [-0.3, -0.25) is 4.79 Å². The molecule has 0 aromatic heterocycles. The van der Waals surface area contributed by atoms with E-state index in [0.717, 1.165) is 22.3 Å². The van der Waals surface area contributed by atoms with Gasteiger partial charge in [0.15, 0.2) is 0 Å². The SMILES string of the molecule is Cc1ccc(CC(=O)N/N=C\c2ccccc2OCc2ccc(Cl)cc2)cc1. The molecule has 3 rings (SSSR count). The standard InChI is InChI=1S/C23H21ClN2O2/c1-17-6-8-18(9-7-17)14-23(27)26-25-15-20-4-2-3-5-22(20)28-16-19-10-12-21(24)13-11-19/h2-13,15H,14,16H2,1H3,(H,26,27)/b25-15-. The molecule has 1 amide bonds. The van der Waals surface area contributed by atoms with Gasteiger partial charge in [-0.25, -0.2) is 5.43 Å². The van der Waals surface area contributed by atoms with Crippen LogP contribution in [0.4, 0.5) is 0 Å². The lowest BCUT2D eigenvalue weighted by Gasteiger charge is -2.09. The van der Waals surface area contributed by atoms with Crippen LogP contribution in [0, 0.1) is 6.92 Å². The highest BCUT2D eigenvalue weighted by molar-refractivity contribution is 6.30. The van der Waals surface area contributed by atoms with Crippen LogP contribution >= 0.6 is 11.6 Å². The van der Waals surface area contributed by atoms with E-state index in [2.05, 4.69) is 10.5 Å². The lowest BCUT2D eigenvalue weighted by molar-refractivity contribution is -0.120. The number of aryl methyl sites for hydroxylation is 1. The van der Waals surface area contributed by atoms with Gasteiger partial charge in [-0.1, -0.05) is 65.7 Å². The molecular weight excluding hydrogens is 372 g/mol. The summed E-state index contributed by atoms with van der Waals surface area (Å²) < 4.78 is 5.88. The molecule has 3 aromatic rings. The van der Waals surface area contributed by atoms with Crippen molar-refractivity contribution < 1.29 is 9.53 Å². The van der Waals surface area contributed by atoms with E-state index in [-0.39, 0.29) is 12.3 Å². The molecule has 28 heavy (non-hydrogen) atoms. The molecule has 0 radical (unpaired) electrons. The highest BCUT2D eigenvalue weighted by atomic mass is 35.5. The second kappa shape index (κ2) is 9.72. The Morgan fingerprint density at radius 2 is 1.68 bits per heavy atom. The summed E-state index contributed by atoms with van der Waals surface area (Å²) in [6.07, 6.45) is 1.87. The Morgan fingerprint density at radius 1 is 1.00 bits per heavy atom. The summed E-state index contributed by atoms with van der Waals surface area (Å²) in [6.45, 7) is 2.43. The van der Waals surface area contributed by atoms with Gasteiger partial charge in [-0.15, -0.1) is 0 Å². The van der Waals surface area contributed by atoms with E-state index in [1.807, 2.05) is 79.7 Å². The number of amides is 1. The Hall–Kier alpha value is -3.11. The lowest BCUT2D eigenvalue weighted by atomic mass is 10.1. The van der Waals surface area contributed by atoms with Gasteiger partial charge >= 0.3 is 0 Å². The molecule has 5 heteroatoms. The lowest BCUT2D eigenvalue weighted by Crippen LogP contribution is -2.19. The van der Waals surface area contributed by atoms with Crippen LogP contribution in [-0.4, -0.2) is 12.1 Å². The van der Waals surface area contributed by atoms with E-state index in [9.17, 15) is 4.79 Å². The minimum Gasteiger partial charge on any atom is -0.488 e. The van der Waals surface area contributed by atoms with Crippen LogP contribution in [0.15, 0.2) is 77.9 Å². The quantitative estimate of drug-likeness (QED) is 0.458. The molecule has 0 bridgehead atoms. The fraction of sp³-hybridized carbons (Fsp3) is 0.130. The van der Waals surface area contributed by atoms with Crippen LogP contribution < -0.4 is 10.2 Å². The molecule has 0 heterocycles. The van der Waals surface area contributed by atoms with Gasteiger partial charge in [-0.2, -0.15) is 5.10 Å². The number of hydrogen-bond acceptors (Lipinski definition) is 3. The smallest absolute Gasteiger partial charge is 0.244 e. The maximum atomic E-state index is 12.0. The van der Waals surface area contributed by atoms with Gasteiger partial charge < -0.3 is 4.74 Å². The van der Waals surface area contributed by atoms with Crippen LogP contribution in [0.5, 0.6) is 5.75 Å². The molecule has 0 unspecified atom stereocenters. The maximum Gasteiger partial charge on any atom is 0.244 e. The predicted molar refractivity (Wildman–Crippen MR) is 113 cm³/mol. The summed E-state index contributed by atoms with van der Waals surface area (Å²) in [5.74, 6) is 0.522. The number of halogens is 1. The molecule has 0 aliphatic heterocycles. The monoisotopic (exact) mass is 392 g/mol. The summed E-state index contributed by atoms with van der Waals surface area (Å²) in [6, 6.07) is 22.9. The fourth-order valence-corrected chi connectivity index (χ4v) is 2.69. The predicted octanol–water partition coefficient (Wildman–Crippen LogP) is 4.92. The van der Waals surface area contributed by atoms with Crippen molar-refractivity contribution in [3.8, 4) is 5.75 Å². The highest BCUT2D eigenvalue weighted by Crippen LogP contribution is 2.18. The molecule has 142 valence electrons. The number of nitrogens with zero attached hydrogens (tertiary/aromatic N) is 1. The Balaban J connectivity index is 1.56. The van der Waals surface area contributed by atoms with E-state index >= 15 is 0 Å². The zero-order valence-electron chi connectivity index (χ0n) is 15.6. The van der Waals surface area contributed by atoms with Crippen molar-refractivity contribution in [2.45, 2.75) is 20.0 Å². The van der Waals surface area contributed by atoms with Crippen LogP contribution in [0.25, 0.3) is 0 Å². The van der Waals surface area contributed by atoms with Gasteiger partial charge in [0.2, 0.25) is 5.91 Å². The zero-order valence-corrected chi connectivity index (χ0v) is 16.3. The van der Waals surface area contributed by atoms with Gasteiger partial charge in [0.05, 0.1) is 12.6 Å². The second-order valence-corrected chi connectivity index (χ2v) is 6.84. The normalized spacial score (nSPS) is 10.8. The first-order valence-corrected chi connectivity index (χ1v) is 9.32. The number of ether oxygens (including phenoxy) is 1. The van der Waals surface area contributed by atoms with Crippen molar-refractivity contribution in [2.24, 2.45) is 5.10 Å². The molecule has 3 aromatic carbocycles. The molecule has 0 spiro atoms. The van der Waals surface area contributed by atoms with Crippen molar-refractivity contribution in [1.29, 1.82) is 0 Å². The first kappa shape index (κ1) is 19.6. The average molecular weight is 393 g/mol. The fourth-order valence-electron chi connectivity index (χ4n) is 2.57. The van der Waals surface area contributed by atoms with E-state index in [1.54, 1.807) is 6.21 Å². The van der Waals surface area contributed by atoms with Crippen LogP contribution in [-0.2, 0) is 17.8 Å². The van der Waals surface area contributed by atoms with Crippen LogP contribution in [0.1, 0.15) is 22.3 Å². The summed E-state index contributed by atoms with van der Waals surface area (Å²) >= 11 is 5.90. The number of carbonyl (C=O) groups excluding carboxylic acids is 1. The Morgan fingerprint density at radius 3 is 2.43 bits per heavy atom. The van der Waals surface area contributed by atoms with Gasteiger partial charge in [0, 0.05) is 10.6 Å². The molecule has 0 saturated carbocycles. The molecule has 0 aliphatic rings. The van der Waals surface area contributed by atoms with E-state index in [4.69, 9.17) is 16.3 Å². The number of carbonyl (C=O) groups is 1. The van der Waals surface area contributed by atoms with Crippen molar-refractivity contribution in [3.63, 3.8) is 0 Å². The number of para-hydroxylation sites is 1. The van der Waals surface area contributed by atoms with E-state index < -0.39 is 0 Å². The largest absolute Gasteiger partial charge is 0.488 e. The molecule has 0 fully saturated rings. The Labute approximate surface area is 169 Å². The van der Waals surface area contributed by atoms with Gasteiger partial charge in [0.1, 0.15) is 12.4 Å². The minimum atomic E-state index is -0.167. The summed E-state index contributed by atoms with van der Waals surface area (Å²) in [5, 5.41) is 4.75. The van der Waals surface area contributed by atoms with Gasteiger partial charge in [0.25, 0.3) is 0 Å². The molecule has 4 nitrogen and oxygen atoms in total. The van der Waals surface area contributed by atoms with Crippen molar-refractivity contribution in [1.82, 2.24) is 5.43 Å². The molecular formula is C23H21ClN2O2. The summed E-state index contributed by atoms with van der Waals surface area (Å²) in [4.78, 5) is 12.0. The van der Waals surface area contributed by atoms with E-state index in [1.165, 1.54) is 0 Å². The van der Waals surface area contributed by atoms with Gasteiger partial charge in [-0.05, 0) is 42.3 Å². The minimum absolute atomic E-state index is 0.167. The number of rotatable bonds is 7. The second-order valence-electron chi connectivity index (χ2n) is 6.41. The number of hydrogen-bond donors (Lipinski definition) is 1. The molecule has 1 N–H and O–H groups in total. The Kier molecular flexibility index (Phi) is 6.82. The van der Waals surface area contributed by atoms with Crippen LogP contribution in [0.2, 0.25) is 5.02 Å². The number of hydrazone groups is 1. The zero-order chi connectivity index (χ0) is 19.8. The third kappa shape index (κ3) is 5.96. The topological polar surface area (TPSA) is 50.7 Å². The summed E-state index contributed by atoms with van der Waals surface area (Å²) in [7, 11) is 0. The number of nitrogens with one attached hydrogen (secondary N) is 1. The first-order valence-electron chi connectivity index (χ1n) is 8.94. The number of benzene rings is 3. The van der Waals surface area contributed by atoms with Crippen LogP contribution in [0.3, 0.4) is 0 Å². The first-order chi connectivity index (χ1) is 13.6. The third-order valence-corrected chi connectivity index (χ3v) is 4.36. The van der Waals surface area contributed by atoms with Crippen molar-refractivity contribution >= 4 is 23.7 Å². The molecule has 0 atom stereocenters.